The number of para-hydroxylation sites is 1. The van der Waals surface area contributed by atoms with Gasteiger partial charge in [0.1, 0.15) is 12.6 Å². The molecular formula is C23H30ClN3O4S. The number of halogens is 1. The fraction of sp³-hybridized carbons (Fsp3) is 0.391. The normalized spacial score (nSPS) is 12.2. The van der Waals surface area contributed by atoms with Gasteiger partial charge < -0.3 is 10.2 Å². The van der Waals surface area contributed by atoms with Gasteiger partial charge >= 0.3 is 0 Å². The molecular weight excluding hydrogens is 450 g/mol. The summed E-state index contributed by atoms with van der Waals surface area (Å²) >= 11 is 6.09. The lowest BCUT2D eigenvalue weighted by molar-refractivity contribution is -0.139. The molecule has 174 valence electrons. The number of amides is 2. The van der Waals surface area contributed by atoms with E-state index in [9.17, 15) is 18.0 Å². The molecule has 0 bridgehead atoms. The molecule has 7 nitrogen and oxygen atoms in total. The molecule has 2 rings (SSSR count). The molecule has 32 heavy (non-hydrogen) atoms. The number of hydrogen-bond donors (Lipinski definition) is 1. The van der Waals surface area contributed by atoms with Crippen LogP contribution in [0.15, 0.2) is 48.5 Å². The highest BCUT2D eigenvalue weighted by atomic mass is 35.5. The number of anilines is 1. The first-order valence-electron chi connectivity index (χ1n) is 10.4. The predicted octanol–water partition coefficient (Wildman–Crippen LogP) is 3.36. The summed E-state index contributed by atoms with van der Waals surface area (Å²) in [5.41, 5.74) is 1.89. The van der Waals surface area contributed by atoms with E-state index in [-0.39, 0.29) is 12.5 Å². The lowest BCUT2D eigenvalue weighted by Crippen LogP contribution is -2.51. The van der Waals surface area contributed by atoms with E-state index in [2.05, 4.69) is 5.32 Å². The average Bonchev–Trinajstić information content (AvgIpc) is 2.73. The van der Waals surface area contributed by atoms with Crippen LogP contribution in [-0.2, 0) is 26.2 Å². The van der Waals surface area contributed by atoms with Gasteiger partial charge in [-0.25, -0.2) is 8.42 Å². The quantitative estimate of drug-likeness (QED) is 0.566. The zero-order valence-corrected chi connectivity index (χ0v) is 20.4. The second-order valence-electron chi connectivity index (χ2n) is 7.67. The Morgan fingerprint density at radius 1 is 1.12 bits per heavy atom. The zero-order valence-electron chi connectivity index (χ0n) is 18.8. The summed E-state index contributed by atoms with van der Waals surface area (Å²) < 4.78 is 26.2. The Morgan fingerprint density at radius 3 is 2.41 bits per heavy atom. The lowest BCUT2D eigenvalue weighted by atomic mass is 10.1. The highest BCUT2D eigenvalue weighted by Crippen LogP contribution is 2.23. The van der Waals surface area contributed by atoms with Crippen LogP contribution in [0.1, 0.15) is 31.4 Å². The van der Waals surface area contributed by atoms with E-state index in [1.807, 2.05) is 6.92 Å². The van der Waals surface area contributed by atoms with Crippen molar-refractivity contribution in [2.75, 3.05) is 23.7 Å². The molecule has 0 spiro atoms. The second kappa shape index (κ2) is 11.3. The first-order chi connectivity index (χ1) is 15.0. The Labute approximate surface area is 195 Å². The SMILES string of the molecule is CCCNC(=O)[C@@H](C)N(Cc1cccc(Cl)c1)C(=O)CN(c1ccccc1C)S(C)(=O)=O. The summed E-state index contributed by atoms with van der Waals surface area (Å²) in [4.78, 5) is 27.4. The molecule has 2 aromatic rings. The Balaban J connectivity index is 2.38. The molecule has 0 unspecified atom stereocenters. The first kappa shape index (κ1) is 25.7. The number of carbonyl (C=O) groups is 2. The maximum atomic E-state index is 13.4. The number of nitrogens with one attached hydrogen (secondary N) is 1. The third kappa shape index (κ3) is 6.97. The van der Waals surface area contributed by atoms with Gasteiger partial charge in [0.2, 0.25) is 21.8 Å². The fourth-order valence-electron chi connectivity index (χ4n) is 3.25. The van der Waals surface area contributed by atoms with Gasteiger partial charge in [-0.3, -0.25) is 13.9 Å². The Bertz CT molecular complexity index is 1060. The van der Waals surface area contributed by atoms with E-state index in [0.717, 1.165) is 28.1 Å². The van der Waals surface area contributed by atoms with Crippen molar-refractivity contribution in [2.24, 2.45) is 0 Å². The minimum Gasteiger partial charge on any atom is -0.354 e. The maximum absolute atomic E-state index is 13.4. The number of aryl methyl sites for hydroxylation is 1. The van der Waals surface area contributed by atoms with E-state index in [1.54, 1.807) is 62.4 Å². The van der Waals surface area contributed by atoms with Crippen molar-refractivity contribution in [3.8, 4) is 0 Å². The number of hydrogen-bond acceptors (Lipinski definition) is 4. The molecule has 1 N–H and O–H groups in total. The molecule has 0 radical (unpaired) electrons. The van der Waals surface area contributed by atoms with E-state index in [0.29, 0.717) is 17.3 Å². The predicted molar refractivity (Wildman–Crippen MR) is 128 cm³/mol. The van der Waals surface area contributed by atoms with Crippen LogP contribution in [0.4, 0.5) is 5.69 Å². The molecule has 0 aliphatic heterocycles. The van der Waals surface area contributed by atoms with E-state index < -0.39 is 28.5 Å². The fourth-order valence-corrected chi connectivity index (χ4v) is 4.37. The van der Waals surface area contributed by atoms with Crippen molar-refractivity contribution in [2.45, 2.75) is 39.8 Å². The van der Waals surface area contributed by atoms with Gasteiger partial charge in [0.15, 0.2) is 0 Å². The molecule has 0 fully saturated rings. The third-order valence-electron chi connectivity index (χ3n) is 5.02. The Hall–Kier alpha value is -2.58. The van der Waals surface area contributed by atoms with Crippen LogP contribution in [0, 0.1) is 6.92 Å². The van der Waals surface area contributed by atoms with Crippen LogP contribution in [0.2, 0.25) is 5.02 Å². The van der Waals surface area contributed by atoms with Crippen LogP contribution >= 0.6 is 11.6 Å². The Kier molecular flexibility index (Phi) is 9.09. The lowest BCUT2D eigenvalue weighted by Gasteiger charge is -2.32. The van der Waals surface area contributed by atoms with Gasteiger partial charge in [-0.15, -0.1) is 0 Å². The van der Waals surface area contributed by atoms with Crippen molar-refractivity contribution in [1.29, 1.82) is 0 Å². The van der Waals surface area contributed by atoms with E-state index >= 15 is 0 Å². The molecule has 0 saturated carbocycles. The van der Waals surface area contributed by atoms with Gasteiger partial charge in [-0.2, -0.15) is 0 Å². The summed E-state index contributed by atoms with van der Waals surface area (Å²) in [6.45, 7) is 5.53. The van der Waals surface area contributed by atoms with Crippen LogP contribution in [0.5, 0.6) is 0 Å². The van der Waals surface area contributed by atoms with Crippen LogP contribution in [0.25, 0.3) is 0 Å². The topological polar surface area (TPSA) is 86.8 Å². The molecule has 9 heteroatoms. The summed E-state index contributed by atoms with van der Waals surface area (Å²) in [5, 5.41) is 3.31. The average molecular weight is 480 g/mol. The molecule has 0 aromatic heterocycles. The molecule has 0 aliphatic rings. The monoisotopic (exact) mass is 479 g/mol. The highest BCUT2D eigenvalue weighted by molar-refractivity contribution is 7.92. The third-order valence-corrected chi connectivity index (χ3v) is 6.38. The molecule has 2 amide bonds. The number of rotatable bonds is 10. The molecule has 0 aliphatic carbocycles. The summed E-state index contributed by atoms with van der Waals surface area (Å²) in [7, 11) is -3.74. The number of sulfonamides is 1. The van der Waals surface area contributed by atoms with Crippen LogP contribution in [-0.4, -0.2) is 50.5 Å². The van der Waals surface area contributed by atoms with Gasteiger partial charge in [0.25, 0.3) is 0 Å². The molecule has 0 saturated heterocycles. The number of carbonyl (C=O) groups excluding carboxylic acids is 2. The Morgan fingerprint density at radius 2 is 1.81 bits per heavy atom. The second-order valence-corrected chi connectivity index (χ2v) is 10.0. The summed E-state index contributed by atoms with van der Waals surface area (Å²) in [5.74, 6) is -0.790. The van der Waals surface area contributed by atoms with Crippen molar-refractivity contribution < 1.29 is 18.0 Å². The number of nitrogens with zero attached hydrogens (tertiary/aromatic N) is 2. The van der Waals surface area contributed by atoms with Crippen molar-refractivity contribution in [3.05, 3.63) is 64.7 Å². The van der Waals surface area contributed by atoms with Gasteiger partial charge in [0.05, 0.1) is 11.9 Å². The van der Waals surface area contributed by atoms with Crippen molar-refractivity contribution in [1.82, 2.24) is 10.2 Å². The molecule has 2 aromatic carbocycles. The smallest absolute Gasteiger partial charge is 0.244 e. The van der Waals surface area contributed by atoms with Crippen LogP contribution in [0.3, 0.4) is 0 Å². The minimum atomic E-state index is -3.74. The summed E-state index contributed by atoms with van der Waals surface area (Å²) in [6, 6.07) is 13.2. The van der Waals surface area contributed by atoms with E-state index in [4.69, 9.17) is 11.6 Å². The first-order valence-corrected chi connectivity index (χ1v) is 12.6. The standard InChI is InChI=1S/C23H30ClN3O4S/c1-5-13-25-23(29)18(3)26(15-19-10-8-11-20(24)14-19)22(28)16-27(32(4,30)31)21-12-7-6-9-17(21)2/h6-12,14,18H,5,13,15-16H2,1-4H3,(H,25,29)/t18-/m1/s1. The van der Waals surface area contributed by atoms with Crippen LogP contribution < -0.4 is 9.62 Å². The molecule has 1 atom stereocenters. The summed E-state index contributed by atoms with van der Waals surface area (Å²) in [6.07, 6.45) is 1.82. The van der Waals surface area contributed by atoms with Crippen molar-refractivity contribution >= 4 is 39.1 Å². The maximum Gasteiger partial charge on any atom is 0.244 e. The van der Waals surface area contributed by atoms with Gasteiger partial charge in [-0.1, -0.05) is 48.9 Å². The number of benzene rings is 2. The zero-order chi connectivity index (χ0) is 23.9. The highest BCUT2D eigenvalue weighted by Gasteiger charge is 2.30. The largest absolute Gasteiger partial charge is 0.354 e. The van der Waals surface area contributed by atoms with Gasteiger partial charge in [-0.05, 0) is 49.6 Å². The van der Waals surface area contributed by atoms with Gasteiger partial charge in [0, 0.05) is 18.1 Å². The minimum absolute atomic E-state index is 0.117. The van der Waals surface area contributed by atoms with E-state index in [1.165, 1.54) is 4.90 Å². The van der Waals surface area contributed by atoms with Crippen molar-refractivity contribution in [3.63, 3.8) is 0 Å². The molecule has 0 heterocycles.